The second-order valence-electron chi connectivity index (χ2n) is 6.41. The molecule has 0 aliphatic carbocycles. The highest BCUT2D eigenvalue weighted by molar-refractivity contribution is 8.14. The third-order valence-electron chi connectivity index (χ3n) is 4.84. The number of hydrogen-bond donors (Lipinski definition) is 1. The molecule has 2 atom stereocenters. The molecule has 0 fully saturated rings. The summed E-state index contributed by atoms with van der Waals surface area (Å²) in [5.74, 6) is 1.52. The van der Waals surface area contributed by atoms with Crippen LogP contribution in [0.15, 0.2) is 66.0 Å². The maximum absolute atomic E-state index is 6.26. The van der Waals surface area contributed by atoms with Crippen LogP contribution in [0.2, 0.25) is 0 Å². The first-order valence-corrected chi connectivity index (χ1v) is 9.23. The van der Waals surface area contributed by atoms with E-state index < -0.39 is 5.54 Å². The molecule has 2 aliphatic rings. The number of nitrogens with two attached hydrogens (primary N) is 1. The van der Waals surface area contributed by atoms with Crippen molar-refractivity contribution in [1.82, 2.24) is 9.97 Å². The van der Waals surface area contributed by atoms with Gasteiger partial charge in [-0.1, -0.05) is 30.0 Å². The van der Waals surface area contributed by atoms with Gasteiger partial charge in [-0.25, -0.2) is 4.99 Å². The van der Waals surface area contributed by atoms with Gasteiger partial charge in [0.05, 0.1) is 11.4 Å². The minimum atomic E-state index is -0.643. The highest BCUT2D eigenvalue weighted by Gasteiger charge is 2.53. The van der Waals surface area contributed by atoms with E-state index in [0.29, 0.717) is 5.17 Å². The zero-order chi connectivity index (χ0) is 17.7. The number of aliphatic imine (C=N–C) groups is 1. The molecule has 26 heavy (non-hydrogen) atoms. The Bertz CT molecular complexity index is 1000. The van der Waals surface area contributed by atoms with Crippen LogP contribution in [-0.4, -0.2) is 15.1 Å². The molecule has 0 saturated carbocycles. The van der Waals surface area contributed by atoms with Gasteiger partial charge in [0.25, 0.3) is 0 Å². The van der Waals surface area contributed by atoms with Crippen molar-refractivity contribution < 1.29 is 4.74 Å². The van der Waals surface area contributed by atoms with E-state index >= 15 is 0 Å². The molecule has 1 aromatic carbocycles. The van der Waals surface area contributed by atoms with Gasteiger partial charge in [0.1, 0.15) is 11.3 Å². The molecule has 1 spiro atoms. The van der Waals surface area contributed by atoms with Crippen molar-refractivity contribution in [2.24, 2.45) is 10.7 Å². The molecular formula is C20H16N4OS. The van der Waals surface area contributed by atoms with Gasteiger partial charge in [-0.3, -0.25) is 9.97 Å². The first kappa shape index (κ1) is 15.4. The number of thioether (sulfide) groups is 1. The fourth-order valence-corrected chi connectivity index (χ4v) is 5.02. The SMILES string of the molecule is Cc1cc(C2SC(N)=NC23c2ccccc2Oc2cnccc23)ccn1. The molecule has 2 N–H and O–H groups in total. The van der Waals surface area contributed by atoms with E-state index in [4.69, 9.17) is 15.5 Å². The predicted octanol–water partition coefficient (Wildman–Crippen LogP) is 3.94. The number of amidine groups is 1. The summed E-state index contributed by atoms with van der Waals surface area (Å²) in [6, 6.07) is 14.1. The van der Waals surface area contributed by atoms with Crippen molar-refractivity contribution in [3.05, 3.63) is 83.4 Å². The molecule has 3 aromatic rings. The molecule has 2 aliphatic heterocycles. The molecule has 5 rings (SSSR count). The van der Waals surface area contributed by atoms with E-state index in [-0.39, 0.29) is 5.25 Å². The van der Waals surface area contributed by atoms with Crippen LogP contribution in [0, 0.1) is 6.92 Å². The predicted molar refractivity (Wildman–Crippen MR) is 102 cm³/mol. The molecule has 0 amide bonds. The quantitative estimate of drug-likeness (QED) is 0.712. The molecule has 0 saturated heterocycles. The van der Waals surface area contributed by atoms with E-state index in [1.165, 1.54) is 0 Å². The Hall–Kier alpha value is -2.86. The van der Waals surface area contributed by atoms with Crippen molar-refractivity contribution in [1.29, 1.82) is 0 Å². The minimum absolute atomic E-state index is 0.00426. The average molecular weight is 360 g/mol. The van der Waals surface area contributed by atoms with Gasteiger partial charge in [-0.15, -0.1) is 0 Å². The molecule has 4 heterocycles. The fourth-order valence-electron chi connectivity index (χ4n) is 3.82. The molecule has 128 valence electrons. The van der Waals surface area contributed by atoms with Crippen LogP contribution >= 0.6 is 11.8 Å². The Morgan fingerprint density at radius 2 is 1.92 bits per heavy atom. The van der Waals surface area contributed by atoms with Gasteiger partial charge in [-0.05, 0) is 36.8 Å². The Morgan fingerprint density at radius 3 is 2.81 bits per heavy atom. The lowest BCUT2D eigenvalue weighted by molar-refractivity contribution is 0.393. The highest BCUT2D eigenvalue weighted by atomic mass is 32.2. The first-order chi connectivity index (χ1) is 12.7. The number of pyridine rings is 2. The van der Waals surface area contributed by atoms with Crippen molar-refractivity contribution in [2.75, 3.05) is 0 Å². The largest absolute Gasteiger partial charge is 0.455 e. The number of rotatable bonds is 1. The van der Waals surface area contributed by atoms with E-state index in [2.05, 4.69) is 22.1 Å². The number of nitrogens with zero attached hydrogens (tertiary/aromatic N) is 3. The number of aryl methyl sites for hydroxylation is 1. The lowest BCUT2D eigenvalue weighted by atomic mass is 9.76. The van der Waals surface area contributed by atoms with E-state index in [0.717, 1.165) is 33.9 Å². The molecule has 2 unspecified atom stereocenters. The second kappa shape index (κ2) is 5.57. The van der Waals surface area contributed by atoms with E-state index in [9.17, 15) is 0 Å². The van der Waals surface area contributed by atoms with Gasteiger partial charge >= 0.3 is 0 Å². The van der Waals surface area contributed by atoms with Crippen LogP contribution in [0.25, 0.3) is 0 Å². The summed E-state index contributed by atoms with van der Waals surface area (Å²) in [5.41, 5.74) is 9.74. The fraction of sp³-hybridized carbons (Fsp3) is 0.150. The Morgan fingerprint density at radius 1 is 1.08 bits per heavy atom. The molecule has 6 heteroatoms. The third kappa shape index (κ3) is 2.08. The normalized spacial score (nSPS) is 23.1. The van der Waals surface area contributed by atoms with E-state index in [1.807, 2.05) is 43.5 Å². The number of aromatic nitrogens is 2. The molecule has 2 aromatic heterocycles. The lowest BCUT2D eigenvalue weighted by Crippen LogP contribution is -2.32. The summed E-state index contributed by atoms with van der Waals surface area (Å²) in [6.45, 7) is 2.00. The van der Waals surface area contributed by atoms with Crippen molar-refractivity contribution in [2.45, 2.75) is 17.7 Å². The summed E-state index contributed by atoms with van der Waals surface area (Å²) in [6.07, 6.45) is 5.37. The lowest BCUT2D eigenvalue weighted by Gasteiger charge is -2.38. The Balaban J connectivity index is 1.83. The summed E-state index contributed by atoms with van der Waals surface area (Å²) in [5, 5.41) is 0.569. The number of hydrogen-bond acceptors (Lipinski definition) is 6. The number of para-hydroxylation sites is 1. The van der Waals surface area contributed by atoms with Crippen LogP contribution in [-0.2, 0) is 5.54 Å². The van der Waals surface area contributed by atoms with Crippen LogP contribution in [0.1, 0.15) is 27.6 Å². The smallest absolute Gasteiger partial charge is 0.155 e. The van der Waals surface area contributed by atoms with Gasteiger partial charge < -0.3 is 10.5 Å². The minimum Gasteiger partial charge on any atom is -0.455 e. The Kier molecular flexibility index (Phi) is 3.30. The summed E-state index contributed by atoms with van der Waals surface area (Å²) in [4.78, 5) is 13.6. The maximum atomic E-state index is 6.26. The summed E-state index contributed by atoms with van der Waals surface area (Å²) in [7, 11) is 0. The molecular weight excluding hydrogens is 344 g/mol. The topological polar surface area (TPSA) is 73.4 Å². The molecule has 0 bridgehead atoms. The van der Waals surface area contributed by atoms with Crippen LogP contribution < -0.4 is 10.5 Å². The molecule has 0 radical (unpaired) electrons. The van der Waals surface area contributed by atoms with Gasteiger partial charge in [0.2, 0.25) is 0 Å². The van der Waals surface area contributed by atoms with Crippen molar-refractivity contribution in [3.8, 4) is 11.5 Å². The average Bonchev–Trinajstić information content (AvgIpc) is 3.00. The summed E-state index contributed by atoms with van der Waals surface area (Å²) < 4.78 is 6.11. The van der Waals surface area contributed by atoms with Gasteiger partial charge in [0, 0.05) is 29.2 Å². The van der Waals surface area contributed by atoms with Crippen LogP contribution in [0.4, 0.5) is 0 Å². The third-order valence-corrected chi connectivity index (χ3v) is 6.02. The van der Waals surface area contributed by atoms with Crippen molar-refractivity contribution >= 4 is 16.9 Å². The zero-order valence-electron chi connectivity index (χ0n) is 14.1. The second-order valence-corrected chi connectivity index (χ2v) is 7.54. The summed E-state index contributed by atoms with van der Waals surface area (Å²) >= 11 is 1.58. The highest BCUT2D eigenvalue weighted by Crippen LogP contribution is 2.61. The van der Waals surface area contributed by atoms with Gasteiger partial charge in [-0.2, -0.15) is 0 Å². The van der Waals surface area contributed by atoms with E-state index in [1.54, 1.807) is 24.2 Å². The number of ether oxygens (including phenoxy) is 1. The Labute approximate surface area is 155 Å². The standard InChI is InChI=1S/C20H16N4OS/c1-12-10-13(6-9-23-12)18-20(24-19(21)26-18)14-4-2-3-5-16(14)25-17-11-22-8-7-15(17)20/h2-11,18H,1H3,(H2,21,24). The van der Waals surface area contributed by atoms with Crippen LogP contribution in [0.3, 0.4) is 0 Å². The first-order valence-electron chi connectivity index (χ1n) is 8.35. The van der Waals surface area contributed by atoms with Crippen molar-refractivity contribution in [3.63, 3.8) is 0 Å². The molecule has 5 nitrogen and oxygen atoms in total. The van der Waals surface area contributed by atoms with Gasteiger partial charge in [0.15, 0.2) is 10.9 Å². The number of fused-ring (bicyclic) bond motifs is 4. The zero-order valence-corrected chi connectivity index (χ0v) is 14.9. The van der Waals surface area contributed by atoms with Crippen LogP contribution in [0.5, 0.6) is 11.5 Å². The maximum Gasteiger partial charge on any atom is 0.155 e. The monoisotopic (exact) mass is 360 g/mol. The number of benzene rings is 1.